The van der Waals surface area contributed by atoms with Crippen molar-refractivity contribution in [3.8, 4) is 0 Å². The first-order valence-corrected chi connectivity index (χ1v) is 7.32. The first-order chi connectivity index (χ1) is 9.74. The van der Waals surface area contributed by atoms with Crippen LogP contribution in [0.3, 0.4) is 0 Å². The molecule has 0 spiro atoms. The monoisotopic (exact) mass is 277 g/mol. The van der Waals surface area contributed by atoms with E-state index in [4.69, 9.17) is 0 Å². The average Bonchev–Trinajstić information content (AvgIpc) is 2.49. The molecule has 0 amide bonds. The molecule has 1 fully saturated rings. The van der Waals surface area contributed by atoms with Gasteiger partial charge >= 0.3 is 0 Å². The van der Waals surface area contributed by atoms with E-state index in [0.29, 0.717) is 0 Å². The lowest BCUT2D eigenvalue weighted by Gasteiger charge is -2.35. The van der Waals surface area contributed by atoms with Crippen molar-refractivity contribution < 1.29 is 4.39 Å². The number of hydrogen-bond donors (Lipinski definition) is 1. The minimum Gasteiger partial charge on any atom is -0.367 e. The molecule has 1 aliphatic heterocycles. The Kier molecular flexibility index (Phi) is 5.56. The molecule has 1 aromatic rings. The molecule has 0 radical (unpaired) electrons. The first kappa shape index (κ1) is 15.0. The molecule has 3 nitrogen and oxygen atoms in total. The number of hydrogen-bond acceptors (Lipinski definition) is 3. The molecule has 0 saturated carbocycles. The van der Waals surface area contributed by atoms with Crippen molar-refractivity contribution in [2.24, 2.45) is 0 Å². The molecule has 1 aromatic carbocycles. The minimum absolute atomic E-state index is 0.123. The fraction of sp³-hybridized carbons (Fsp3) is 0.500. The predicted molar refractivity (Wildman–Crippen MR) is 82.6 cm³/mol. The number of benzene rings is 1. The van der Waals surface area contributed by atoms with Gasteiger partial charge in [-0.2, -0.15) is 0 Å². The lowest BCUT2D eigenvalue weighted by atomic mass is 10.1. The number of rotatable bonds is 6. The van der Waals surface area contributed by atoms with Crippen molar-refractivity contribution in [1.82, 2.24) is 10.2 Å². The normalized spacial score (nSPS) is 16.4. The predicted octanol–water partition coefficient (Wildman–Crippen LogP) is 2.24. The van der Waals surface area contributed by atoms with Crippen LogP contribution in [-0.2, 0) is 6.54 Å². The van der Waals surface area contributed by atoms with Crippen LogP contribution in [0.15, 0.2) is 30.9 Å². The highest BCUT2D eigenvalue weighted by molar-refractivity contribution is 5.50. The van der Waals surface area contributed by atoms with Crippen LogP contribution in [0.1, 0.15) is 12.5 Å². The lowest BCUT2D eigenvalue weighted by molar-refractivity contribution is 0.270. The van der Waals surface area contributed by atoms with Crippen molar-refractivity contribution in [3.05, 3.63) is 42.2 Å². The van der Waals surface area contributed by atoms with Gasteiger partial charge in [0.15, 0.2) is 0 Å². The van der Waals surface area contributed by atoms with Crippen LogP contribution in [0, 0.1) is 5.82 Å². The zero-order chi connectivity index (χ0) is 14.4. The summed E-state index contributed by atoms with van der Waals surface area (Å²) in [7, 11) is 0. The van der Waals surface area contributed by atoms with Gasteiger partial charge in [0.1, 0.15) is 5.82 Å². The van der Waals surface area contributed by atoms with Gasteiger partial charge in [-0.25, -0.2) is 4.39 Å². The number of anilines is 1. The number of likely N-dealkylation sites (N-methyl/N-ethyl adjacent to an activating group) is 1. The average molecular weight is 277 g/mol. The quantitative estimate of drug-likeness (QED) is 0.635. The fourth-order valence-corrected chi connectivity index (χ4v) is 2.53. The summed E-state index contributed by atoms with van der Waals surface area (Å²) in [6.07, 6.45) is 1.83. The number of nitrogens with one attached hydrogen (secondary N) is 1. The topological polar surface area (TPSA) is 18.5 Å². The summed E-state index contributed by atoms with van der Waals surface area (Å²) in [5.74, 6) is -0.123. The Morgan fingerprint density at radius 1 is 1.30 bits per heavy atom. The molecule has 0 atom stereocenters. The number of piperazine rings is 1. The molecule has 1 saturated heterocycles. The summed E-state index contributed by atoms with van der Waals surface area (Å²) in [6.45, 7) is 12.2. The second-order valence-corrected chi connectivity index (χ2v) is 5.13. The Morgan fingerprint density at radius 2 is 2.05 bits per heavy atom. The third-order valence-corrected chi connectivity index (χ3v) is 3.79. The molecular weight excluding hydrogens is 253 g/mol. The molecule has 0 aromatic heterocycles. The molecule has 110 valence electrons. The third-order valence-electron chi connectivity index (χ3n) is 3.79. The van der Waals surface area contributed by atoms with Crippen LogP contribution in [0.4, 0.5) is 10.1 Å². The molecular formula is C16H24FN3. The van der Waals surface area contributed by atoms with Gasteiger partial charge in [0, 0.05) is 39.3 Å². The SMILES string of the molecule is C=CCNCc1ccc(F)c(N2CCN(CC)CC2)c1. The van der Waals surface area contributed by atoms with Gasteiger partial charge in [0.05, 0.1) is 5.69 Å². The second-order valence-electron chi connectivity index (χ2n) is 5.13. The summed E-state index contributed by atoms with van der Waals surface area (Å²) in [6, 6.07) is 5.39. The molecule has 1 heterocycles. The van der Waals surface area contributed by atoms with Gasteiger partial charge in [0.2, 0.25) is 0 Å². The highest BCUT2D eigenvalue weighted by Crippen LogP contribution is 2.22. The van der Waals surface area contributed by atoms with E-state index in [0.717, 1.165) is 57.1 Å². The maximum atomic E-state index is 14.0. The van der Waals surface area contributed by atoms with Gasteiger partial charge in [0.25, 0.3) is 0 Å². The standard InChI is InChI=1S/C16H24FN3/c1-3-7-18-13-14-5-6-15(17)16(12-14)20-10-8-19(4-2)9-11-20/h3,5-6,12,18H,1,4,7-11,13H2,2H3. The molecule has 0 unspecified atom stereocenters. The Morgan fingerprint density at radius 3 is 2.70 bits per heavy atom. The number of halogens is 1. The largest absolute Gasteiger partial charge is 0.367 e. The van der Waals surface area contributed by atoms with Crippen LogP contribution in [0.5, 0.6) is 0 Å². The van der Waals surface area contributed by atoms with Crippen molar-refractivity contribution in [2.45, 2.75) is 13.5 Å². The zero-order valence-corrected chi connectivity index (χ0v) is 12.2. The molecule has 20 heavy (non-hydrogen) atoms. The Balaban J connectivity index is 2.03. The Hall–Kier alpha value is -1.39. The molecule has 4 heteroatoms. The van der Waals surface area contributed by atoms with Crippen LogP contribution < -0.4 is 10.2 Å². The van der Waals surface area contributed by atoms with Crippen molar-refractivity contribution >= 4 is 5.69 Å². The van der Waals surface area contributed by atoms with E-state index < -0.39 is 0 Å². The van der Waals surface area contributed by atoms with Crippen LogP contribution in [-0.4, -0.2) is 44.2 Å². The van der Waals surface area contributed by atoms with E-state index in [2.05, 4.69) is 28.6 Å². The van der Waals surface area contributed by atoms with E-state index in [9.17, 15) is 4.39 Å². The summed E-state index contributed by atoms with van der Waals surface area (Å²) in [4.78, 5) is 4.54. The van der Waals surface area contributed by atoms with Crippen LogP contribution >= 0.6 is 0 Å². The van der Waals surface area contributed by atoms with E-state index in [1.165, 1.54) is 0 Å². The summed E-state index contributed by atoms with van der Waals surface area (Å²) < 4.78 is 14.0. The summed E-state index contributed by atoms with van der Waals surface area (Å²) >= 11 is 0. The molecule has 0 aliphatic carbocycles. The van der Waals surface area contributed by atoms with E-state index >= 15 is 0 Å². The van der Waals surface area contributed by atoms with Gasteiger partial charge < -0.3 is 15.1 Å². The molecule has 0 bridgehead atoms. The van der Waals surface area contributed by atoms with E-state index in [-0.39, 0.29) is 5.82 Å². The fourth-order valence-electron chi connectivity index (χ4n) is 2.53. The smallest absolute Gasteiger partial charge is 0.146 e. The molecule has 1 N–H and O–H groups in total. The van der Waals surface area contributed by atoms with Gasteiger partial charge in [-0.15, -0.1) is 6.58 Å². The van der Waals surface area contributed by atoms with Crippen LogP contribution in [0.2, 0.25) is 0 Å². The molecule has 2 rings (SSSR count). The maximum absolute atomic E-state index is 14.0. The summed E-state index contributed by atoms with van der Waals surface area (Å²) in [5.41, 5.74) is 1.85. The van der Waals surface area contributed by atoms with Crippen molar-refractivity contribution in [3.63, 3.8) is 0 Å². The minimum atomic E-state index is -0.123. The Bertz CT molecular complexity index is 439. The second kappa shape index (κ2) is 7.41. The highest BCUT2D eigenvalue weighted by Gasteiger charge is 2.18. The highest BCUT2D eigenvalue weighted by atomic mass is 19.1. The maximum Gasteiger partial charge on any atom is 0.146 e. The zero-order valence-electron chi connectivity index (χ0n) is 12.2. The van der Waals surface area contributed by atoms with Gasteiger partial charge in [-0.05, 0) is 24.2 Å². The lowest BCUT2D eigenvalue weighted by Crippen LogP contribution is -2.46. The third kappa shape index (κ3) is 3.81. The summed E-state index contributed by atoms with van der Waals surface area (Å²) in [5, 5.41) is 3.25. The van der Waals surface area contributed by atoms with Crippen molar-refractivity contribution in [1.29, 1.82) is 0 Å². The van der Waals surface area contributed by atoms with Gasteiger partial charge in [-0.3, -0.25) is 0 Å². The number of nitrogens with zero attached hydrogens (tertiary/aromatic N) is 2. The van der Waals surface area contributed by atoms with Gasteiger partial charge in [-0.1, -0.05) is 19.1 Å². The van der Waals surface area contributed by atoms with Crippen molar-refractivity contribution in [2.75, 3.05) is 44.2 Å². The van der Waals surface area contributed by atoms with E-state index in [1.54, 1.807) is 6.07 Å². The van der Waals surface area contributed by atoms with Crippen LogP contribution in [0.25, 0.3) is 0 Å². The Labute approximate surface area is 121 Å². The first-order valence-electron chi connectivity index (χ1n) is 7.32. The van der Waals surface area contributed by atoms with E-state index in [1.807, 2.05) is 18.2 Å². The molecule has 1 aliphatic rings.